The van der Waals surface area contributed by atoms with Crippen LogP contribution in [0.15, 0.2) is 18.2 Å². The van der Waals surface area contributed by atoms with Crippen molar-refractivity contribution in [2.45, 2.75) is 12.5 Å². The van der Waals surface area contributed by atoms with Crippen LogP contribution < -0.4 is 10.5 Å². The second kappa shape index (κ2) is 4.59. The van der Waals surface area contributed by atoms with E-state index in [1.807, 2.05) is 0 Å². The highest BCUT2D eigenvalue weighted by Gasteiger charge is 2.31. The minimum absolute atomic E-state index is 0.181. The second-order valence-electron chi connectivity index (χ2n) is 3.46. The molecule has 0 radical (unpaired) electrons. The molecule has 84 valence electrons. The molecule has 2 N–H and O–H groups in total. The molecule has 0 aromatic heterocycles. The van der Waals surface area contributed by atoms with Crippen LogP contribution >= 0.6 is 0 Å². The zero-order valence-corrected chi connectivity index (χ0v) is 9.21. The highest BCUT2D eigenvalue weighted by atomic mass is 19.1. The van der Waals surface area contributed by atoms with Crippen LogP contribution in [0.25, 0.3) is 0 Å². The molecule has 1 aromatic rings. The lowest BCUT2D eigenvalue weighted by atomic mass is 9.94. The van der Waals surface area contributed by atoms with Crippen LogP contribution in [0.5, 0.6) is 5.75 Å². The molecule has 0 aliphatic carbocycles. The quantitative estimate of drug-likeness (QED) is 0.827. The number of hydrogen-bond acceptors (Lipinski definition) is 3. The maximum absolute atomic E-state index is 13.7. The molecule has 0 spiro atoms. The van der Waals surface area contributed by atoms with E-state index >= 15 is 0 Å². The molecule has 1 atom stereocenters. The van der Waals surface area contributed by atoms with Crippen LogP contribution in [0.2, 0.25) is 0 Å². The van der Waals surface area contributed by atoms with Crippen molar-refractivity contribution < 1.29 is 13.9 Å². The van der Waals surface area contributed by atoms with E-state index in [9.17, 15) is 4.39 Å². The van der Waals surface area contributed by atoms with Gasteiger partial charge in [0.25, 0.3) is 0 Å². The summed E-state index contributed by atoms with van der Waals surface area (Å²) >= 11 is 0. The number of ether oxygens (including phenoxy) is 2. The Labute approximate surface area is 89.0 Å². The summed E-state index contributed by atoms with van der Waals surface area (Å²) in [4.78, 5) is 0. The number of benzene rings is 1. The Kier molecular flexibility index (Phi) is 3.66. The van der Waals surface area contributed by atoms with Gasteiger partial charge >= 0.3 is 0 Å². The average Bonchev–Trinajstić information content (AvgIpc) is 2.27. The van der Waals surface area contributed by atoms with Crippen LogP contribution in [-0.2, 0) is 10.3 Å². The summed E-state index contributed by atoms with van der Waals surface area (Å²) in [5.74, 6) is 0.0777. The van der Waals surface area contributed by atoms with Crippen molar-refractivity contribution >= 4 is 0 Å². The van der Waals surface area contributed by atoms with Gasteiger partial charge in [-0.15, -0.1) is 0 Å². The molecule has 0 amide bonds. The van der Waals surface area contributed by atoms with Gasteiger partial charge in [0.2, 0.25) is 0 Å². The summed E-state index contributed by atoms with van der Waals surface area (Å²) in [5, 5.41) is 0. The zero-order chi connectivity index (χ0) is 11.5. The Morgan fingerprint density at radius 1 is 1.40 bits per heavy atom. The van der Waals surface area contributed by atoms with Gasteiger partial charge in [-0.05, 0) is 19.1 Å². The lowest BCUT2D eigenvalue weighted by molar-refractivity contribution is 0.00522. The van der Waals surface area contributed by atoms with Gasteiger partial charge in [-0.1, -0.05) is 6.07 Å². The first-order chi connectivity index (χ1) is 7.09. The molecule has 0 bridgehead atoms. The number of rotatable bonds is 4. The first-order valence-electron chi connectivity index (χ1n) is 4.67. The van der Waals surface area contributed by atoms with Crippen molar-refractivity contribution in [3.8, 4) is 5.75 Å². The number of hydrogen-bond donors (Lipinski definition) is 1. The molecule has 0 saturated heterocycles. The van der Waals surface area contributed by atoms with Crippen molar-refractivity contribution in [2.24, 2.45) is 5.73 Å². The molecule has 0 fully saturated rings. The van der Waals surface area contributed by atoms with Gasteiger partial charge in [0.1, 0.15) is 17.2 Å². The molecule has 4 heteroatoms. The second-order valence-corrected chi connectivity index (χ2v) is 3.46. The SMILES string of the molecule is COc1cccc(F)c1C(C)(CN)OC. The fourth-order valence-corrected chi connectivity index (χ4v) is 1.48. The molecule has 0 aliphatic heterocycles. The molecule has 1 unspecified atom stereocenters. The Morgan fingerprint density at radius 3 is 2.53 bits per heavy atom. The highest BCUT2D eigenvalue weighted by molar-refractivity contribution is 5.39. The van der Waals surface area contributed by atoms with Crippen LogP contribution in [0.4, 0.5) is 4.39 Å². The Morgan fingerprint density at radius 2 is 2.07 bits per heavy atom. The summed E-state index contributed by atoms with van der Waals surface area (Å²) in [6, 6.07) is 4.64. The largest absolute Gasteiger partial charge is 0.496 e. The fourth-order valence-electron chi connectivity index (χ4n) is 1.48. The van der Waals surface area contributed by atoms with Crippen molar-refractivity contribution in [3.05, 3.63) is 29.6 Å². The normalized spacial score (nSPS) is 14.7. The van der Waals surface area contributed by atoms with Gasteiger partial charge in [-0.3, -0.25) is 0 Å². The Hall–Kier alpha value is -1.13. The summed E-state index contributed by atoms with van der Waals surface area (Å²) < 4.78 is 24.0. The van der Waals surface area contributed by atoms with E-state index in [2.05, 4.69) is 0 Å². The van der Waals surface area contributed by atoms with E-state index in [1.54, 1.807) is 19.1 Å². The van der Waals surface area contributed by atoms with Gasteiger partial charge in [0, 0.05) is 13.7 Å². The van der Waals surface area contributed by atoms with E-state index < -0.39 is 5.60 Å². The van der Waals surface area contributed by atoms with Crippen molar-refractivity contribution in [3.63, 3.8) is 0 Å². The van der Waals surface area contributed by atoms with Gasteiger partial charge < -0.3 is 15.2 Å². The predicted octanol–water partition coefficient (Wildman–Crippen LogP) is 1.65. The van der Waals surface area contributed by atoms with Gasteiger partial charge in [-0.25, -0.2) is 4.39 Å². The predicted molar refractivity (Wildman–Crippen MR) is 56.4 cm³/mol. The Bertz CT molecular complexity index is 337. The minimum Gasteiger partial charge on any atom is -0.496 e. The van der Waals surface area contributed by atoms with Crippen LogP contribution in [0.3, 0.4) is 0 Å². The molecule has 0 aliphatic rings. The van der Waals surface area contributed by atoms with E-state index in [0.717, 1.165) is 0 Å². The Balaban J connectivity index is 3.33. The lowest BCUT2D eigenvalue weighted by Crippen LogP contribution is -2.35. The summed E-state index contributed by atoms with van der Waals surface area (Å²) in [6.45, 7) is 1.91. The number of nitrogens with two attached hydrogens (primary N) is 1. The summed E-state index contributed by atoms with van der Waals surface area (Å²) in [6.07, 6.45) is 0. The first-order valence-corrected chi connectivity index (χ1v) is 4.67. The van der Waals surface area contributed by atoms with Gasteiger partial charge in [-0.2, -0.15) is 0 Å². The maximum Gasteiger partial charge on any atom is 0.133 e. The number of halogens is 1. The van der Waals surface area contributed by atoms with Crippen LogP contribution in [-0.4, -0.2) is 20.8 Å². The standard InChI is InChI=1S/C11H16FNO2/c1-11(7-13,15-3)10-8(12)5-4-6-9(10)14-2/h4-6H,7,13H2,1-3H3. The summed E-state index contributed by atoms with van der Waals surface area (Å²) in [7, 11) is 2.99. The average molecular weight is 213 g/mol. The third-order valence-electron chi connectivity index (χ3n) is 2.56. The maximum atomic E-state index is 13.7. The third kappa shape index (κ3) is 2.11. The molecular weight excluding hydrogens is 197 g/mol. The monoisotopic (exact) mass is 213 g/mol. The highest BCUT2D eigenvalue weighted by Crippen LogP contribution is 2.33. The van der Waals surface area contributed by atoms with Crippen LogP contribution in [0.1, 0.15) is 12.5 Å². The van der Waals surface area contributed by atoms with E-state index in [0.29, 0.717) is 11.3 Å². The fraction of sp³-hybridized carbons (Fsp3) is 0.455. The van der Waals surface area contributed by atoms with Crippen molar-refractivity contribution in [1.29, 1.82) is 0 Å². The van der Waals surface area contributed by atoms with Gasteiger partial charge in [0.05, 0.1) is 12.7 Å². The van der Waals surface area contributed by atoms with E-state index in [1.165, 1.54) is 20.3 Å². The minimum atomic E-state index is -0.864. The van der Waals surface area contributed by atoms with E-state index in [4.69, 9.17) is 15.2 Å². The molecule has 0 saturated carbocycles. The molecule has 3 nitrogen and oxygen atoms in total. The van der Waals surface area contributed by atoms with Crippen molar-refractivity contribution in [1.82, 2.24) is 0 Å². The van der Waals surface area contributed by atoms with E-state index in [-0.39, 0.29) is 12.4 Å². The van der Waals surface area contributed by atoms with Crippen LogP contribution in [0, 0.1) is 5.82 Å². The molecule has 15 heavy (non-hydrogen) atoms. The molecular formula is C11H16FNO2. The summed E-state index contributed by atoms with van der Waals surface area (Å²) in [5.41, 5.74) is 5.09. The smallest absolute Gasteiger partial charge is 0.133 e. The zero-order valence-electron chi connectivity index (χ0n) is 9.21. The topological polar surface area (TPSA) is 44.5 Å². The molecule has 0 heterocycles. The van der Waals surface area contributed by atoms with Gasteiger partial charge in [0.15, 0.2) is 0 Å². The number of methoxy groups -OCH3 is 2. The van der Waals surface area contributed by atoms with Crippen molar-refractivity contribution in [2.75, 3.05) is 20.8 Å². The molecule has 1 aromatic carbocycles. The molecule has 1 rings (SSSR count). The third-order valence-corrected chi connectivity index (χ3v) is 2.56. The lowest BCUT2D eigenvalue weighted by Gasteiger charge is -2.28. The first kappa shape index (κ1) is 11.9.